The number of carbonyl (C=O) groups is 1. The van der Waals surface area contributed by atoms with Crippen LogP contribution in [0.4, 0.5) is 0 Å². The van der Waals surface area contributed by atoms with Gasteiger partial charge < -0.3 is 10.2 Å². The number of hydrogen-bond acceptors (Lipinski definition) is 3. The molecule has 0 spiro atoms. The fourth-order valence-electron chi connectivity index (χ4n) is 2.61. The number of rotatable bonds is 1. The molecule has 2 aliphatic rings. The second-order valence-electron chi connectivity index (χ2n) is 4.49. The Morgan fingerprint density at radius 3 is 2.62 bits per heavy atom. The van der Waals surface area contributed by atoms with Crippen LogP contribution < -0.4 is 5.32 Å². The lowest BCUT2D eigenvalue weighted by molar-refractivity contribution is 0.0786. The van der Waals surface area contributed by atoms with Gasteiger partial charge in [0.1, 0.15) is 0 Å². The highest BCUT2D eigenvalue weighted by molar-refractivity contribution is 7.17. The van der Waals surface area contributed by atoms with Crippen LogP contribution in [-0.2, 0) is 0 Å². The van der Waals surface area contributed by atoms with Crippen LogP contribution in [0.1, 0.15) is 9.67 Å². The molecular weight excluding hydrogens is 244 g/mol. The van der Waals surface area contributed by atoms with Gasteiger partial charge in [-0.25, -0.2) is 0 Å². The monoisotopic (exact) mass is 256 g/mol. The maximum absolute atomic E-state index is 12.1. The van der Waals surface area contributed by atoms with Crippen LogP contribution in [-0.4, -0.2) is 37.0 Å². The SMILES string of the molecule is O=C(c1ccc(Cl)s1)N1CC2CNCC2C1. The summed E-state index contributed by atoms with van der Waals surface area (Å²) >= 11 is 7.21. The van der Waals surface area contributed by atoms with E-state index in [1.807, 2.05) is 11.0 Å². The van der Waals surface area contributed by atoms with Crippen molar-refractivity contribution in [3.8, 4) is 0 Å². The zero-order valence-electron chi connectivity index (χ0n) is 8.78. The fraction of sp³-hybridized carbons (Fsp3) is 0.545. The Morgan fingerprint density at radius 1 is 1.38 bits per heavy atom. The first kappa shape index (κ1) is 10.6. The van der Waals surface area contributed by atoms with Gasteiger partial charge in [-0.2, -0.15) is 0 Å². The quantitative estimate of drug-likeness (QED) is 0.830. The van der Waals surface area contributed by atoms with E-state index >= 15 is 0 Å². The van der Waals surface area contributed by atoms with Crippen molar-refractivity contribution in [2.24, 2.45) is 11.8 Å². The second kappa shape index (κ2) is 4.02. The van der Waals surface area contributed by atoms with Crippen LogP contribution in [0.15, 0.2) is 12.1 Å². The van der Waals surface area contributed by atoms with E-state index in [0.29, 0.717) is 16.2 Å². The molecule has 1 N–H and O–H groups in total. The van der Waals surface area contributed by atoms with Crippen LogP contribution in [0.5, 0.6) is 0 Å². The van der Waals surface area contributed by atoms with Crippen molar-refractivity contribution in [1.82, 2.24) is 10.2 Å². The van der Waals surface area contributed by atoms with E-state index in [0.717, 1.165) is 31.1 Å². The molecule has 3 nitrogen and oxygen atoms in total. The normalized spacial score (nSPS) is 28.4. The Hall–Kier alpha value is -0.580. The average Bonchev–Trinajstić information content (AvgIpc) is 2.89. The summed E-state index contributed by atoms with van der Waals surface area (Å²) in [5, 5.41) is 3.37. The largest absolute Gasteiger partial charge is 0.337 e. The molecule has 1 aromatic heterocycles. The van der Waals surface area contributed by atoms with Gasteiger partial charge >= 0.3 is 0 Å². The fourth-order valence-corrected chi connectivity index (χ4v) is 3.62. The number of halogens is 1. The van der Waals surface area contributed by atoms with Gasteiger partial charge in [-0.1, -0.05) is 11.6 Å². The molecule has 16 heavy (non-hydrogen) atoms. The van der Waals surface area contributed by atoms with Crippen LogP contribution in [0, 0.1) is 11.8 Å². The third kappa shape index (κ3) is 1.75. The Kier molecular flexibility index (Phi) is 2.65. The van der Waals surface area contributed by atoms with Crippen molar-refractivity contribution in [2.45, 2.75) is 0 Å². The molecule has 1 amide bonds. The first-order valence-corrected chi connectivity index (χ1v) is 6.69. The summed E-state index contributed by atoms with van der Waals surface area (Å²) in [5.41, 5.74) is 0. The molecule has 3 rings (SSSR count). The van der Waals surface area contributed by atoms with Gasteiger partial charge in [-0.05, 0) is 24.0 Å². The Bertz CT molecular complexity index is 408. The predicted molar refractivity (Wildman–Crippen MR) is 65.1 cm³/mol. The van der Waals surface area contributed by atoms with E-state index in [9.17, 15) is 4.79 Å². The summed E-state index contributed by atoms with van der Waals surface area (Å²) in [7, 11) is 0. The van der Waals surface area contributed by atoms with Crippen molar-refractivity contribution in [3.05, 3.63) is 21.3 Å². The van der Waals surface area contributed by atoms with E-state index in [1.165, 1.54) is 11.3 Å². The Labute approximate surface area is 103 Å². The highest BCUT2D eigenvalue weighted by Crippen LogP contribution is 2.29. The smallest absolute Gasteiger partial charge is 0.263 e. The van der Waals surface area contributed by atoms with Crippen molar-refractivity contribution in [2.75, 3.05) is 26.2 Å². The number of likely N-dealkylation sites (tertiary alicyclic amines) is 1. The topological polar surface area (TPSA) is 32.3 Å². The van der Waals surface area contributed by atoms with Crippen LogP contribution in [0.2, 0.25) is 4.34 Å². The van der Waals surface area contributed by atoms with Crippen molar-refractivity contribution in [3.63, 3.8) is 0 Å². The first-order chi connectivity index (χ1) is 7.74. The summed E-state index contributed by atoms with van der Waals surface area (Å²) in [5.74, 6) is 1.45. The average molecular weight is 257 g/mol. The lowest BCUT2D eigenvalue weighted by atomic mass is 10.0. The molecule has 0 bridgehead atoms. The maximum Gasteiger partial charge on any atom is 0.263 e. The van der Waals surface area contributed by atoms with Gasteiger partial charge in [-0.3, -0.25) is 4.79 Å². The second-order valence-corrected chi connectivity index (χ2v) is 6.21. The summed E-state index contributed by atoms with van der Waals surface area (Å²) in [6.07, 6.45) is 0. The lowest BCUT2D eigenvalue weighted by Gasteiger charge is -2.16. The predicted octanol–water partition coefficient (Wildman–Crippen LogP) is 1.69. The molecule has 0 radical (unpaired) electrons. The molecule has 2 unspecified atom stereocenters. The molecule has 0 aliphatic carbocycles. The number of carbonyl (C=O) groups excluding carboxylic acids is 1. The zero-order valence-corrected chi connectivity index (χ0v) is 10.4. The van der Waals surface area contributed by atoms with E-state index in [2.05, 4.69) is 5.32 Å². The lowest BCUT2D eigenvalue weighted by Crippen LogP contribution is -2.31. The van der Waals surface area contributed by atoms with E-state index in [1.54, 1.807) is 6.07 Å². The third-order valence-electron chi connectivity index (χ3n) is 3.46. The van der Waals surface area contributed by atoms with Crippen molar-refractivity contribution >= 4 is 28.8 Å². The van der Waals surface area contributed by atoms with Gasteiger partial charge in [-0.15, -0.1) is 11.3 Å². The number of hydrogen-bond donors (Lipinski definition) is 1. The van der Waals surface area contributed by atoms with Gasteiger partial charge in [0.15, 0.2) is 0 Å². The molecule has 2 aliphatic heterocycles. The summed E-state index contributed by atoms with van der Waals surface area (Å²) in [6, 6.07) is 3.61. The number of fused-ring (bicyclic) bond motifs is 1. The highest BCUT2D eigenvalue weighted by Gasteiger charge is 2.38. The first-order valence-electron chi connectivity index (χ1n) is 5.49. The summed E-state index contributed by atoms with van der Waals surface area (Å²) in [4.78, 5) is 14.9. The zero-order chi connectivity index (χ0) is 11.1. The van der Waals surface area contributed by atoms with Gasteiger partial charge in [0, 0.05) is 26.2 Å². The van der Waals surface area contributed by atoms with Crippen LogP contribution in [0.3, 0.4) is 0 Å². The molecule has 2 saturated heterocycles. The van der Waals surface area contributed by atoms with Crippen LogP contribution >= 0.6 is 22.9 Å². The molecule has 1 aromatic rings. The van der Waals surface area contributed by atoms with Crippen LogP contribution in [0.25, 0.3) is 0 Å². The Balaban J connectivity index is 1.73. The maximum atomic E-state index is 12.1. The number of nitrogens with one attached hydrogen (secondary N) is 1. The number of nitrogens with zero attached hydrogens (tertiary/aromatic N) is 1. The molecule has 0 aromatic carbocycles. The molecule has 0 saturated carbocycles. The summed E-state index contributed by atoms with van der Waals surface area (Å²) < 4.78 is 0.685. The minimum absolute atomic E-state index is 0.145. The van der Waals surface area contributed by atoms with Crippen molar-refractivity contribution < 1.29 is 4.79 Å². The minimum atomic E-state index is 0.145. The number of thiophene rings is 1. The molecular formula is C11H13ClN2OS. The van der Waals surface area contributed by atoms with E-state index in [4.69, 9.17) is 11.6 Å². The van der Waals surface area contributed by atoms with Gasteiger partial charge in [0.05, 0.1) is 9.21 Å². The minimum Gasteiger partial charge on any atom is -0.337 e. The molecule has 5 heteroatoms. The molecule has 2 atom stereocenters. The molecule has 3 heterocycles. The highest BCUT2D eigenvalue weighted by atomic mass is 35.5. The number of amides is 1. The van der Waals surface area contributed by atoms with E-state index < -0.39 is 0 Å². The van der Waals surface area contributed by atoms with Gasteiger partial charge in [0.25, 0.3) is 5.91 Å². The third-order valence-corrected chi connectivity index (χ3v) is 4.68. The van der Waals surface area contributed by atoms with Gasteiger partial charge in [0.2, 0.25) is 0 Å². The standard InChI is InChI=1S/C11H13ClN2OS/c12-10-2-1-9(16-10)11(15)14-5-7-3-13-4-8(7)6-14/h1-2,7-8,13H,3-6H2. The molecule has 2 fully saturated rings. The molecule has 86 valence electrons. The van der Waals surface area contributed by atoms with E-state index in [-0.39, 0.29) is 5.91 Å². The summed E-state index contributed by atoms with van der Waals surface area (Å²) in [6.45, 7) is 3.90. The van der Waals surface area contributed by atoms with Crippen molar-refractivity contribution in [1.29, 1.82) is 0 Å². The Morgan fingerprint density at radius 2 is 2.06 bits per heavy atom.